The Balaban J connectivity index is 2.18. The molecule has 19 heavy (non-hydrogen) atoms. The highest BCUT2D eigenvalue weighted by molar-refractivity contribution is 5.95. The molecular formula is C12H17FN4O2. The number of amides is 1. The lowest BCUT2D eigenvalue weighted by Crippen LogP contribution is -2.41. The van der Waals surface area contributed by atoms with Gasteiger partial charge in [-0.05, 0) is 18.9 Å². The summed E-state index contributed by atoms with van der Waals surface area (Å²) in [4.78, 5) is 17.5. The monoisotopic (exact) mass is 268 g/mol. The van der Waals surface area contributed by atoms with Crippen molar-refractivity contribution in [2.45, 2.75) is 18.9 Å². The molecule has 3 N–H and O–H groups in total. The van der Waals surface area contributed by atoms with E-state index < -0.39 is 5.82 Å². The van der Waals surface area contributed by atoms with Crippen molar-refractivity contribution in [2.75, 3.05) is 25.7 Å². The molecule has 1 saturated heterocycles. The quantitative estimate of drug-likeness (QED) is 0.625. The Morgan fingerprint density at radius 3 is 2.89 bits per heavy atom. The van der Waals surface area contributed by atoms with Gasteiger partial charge in [-0.25, -0.2) is 15.2 Å². The molecule has 1 fully saturated rings. The second-order valence-electron chi connectivity index (χ2n) is 4.43. The summed E-state index contributed by atoms with van der Waals surface area (Å²) >= 11 is 0. The predicted octanol–water partition coefficient (Wildman–Crippen LogP) is 0.757. The van der Waals surface area contributed by atoms with Gasteiger partial charge in [0.25, 0.3) is 5.91 Å². The van der Waals surface area contributed by atoms with Crippen LogP contribution in [-0.2, 0) is 4.74 Å². The maximum absolute atomic E-state index is 14.0. The number of halogens is 1. The molecule has 0 radical (unpaired) electrons. The lowest BCUT2D eigenvalue weighted by atomic mass is 10.1. The summed E-state index contributed by atoms with van der Waals surface area (Å²) in [6, 6.07) is 1.43. The number of ether oxygens (including phenoxy) is 1. The molecule has 1 aliphatic heterocycles. The fraction of sp³-hybridized carbons (Fsp3) is 0.500. The van der Waals surface area contributed by atoms with E-state index in [0.29, 0.717) is 13.2 Å². The number of aromatic nitrogens is 1. The summed E-state index contributed by atoms with van der Waals surface area (Å²) in [6.07, 6.45) is 2.87. The molecule has 0 atom stereocenters. The number of hydrogen-bond acceptors (Lipinski definition) is 5. The fourth-order valence-electron chi connectivity index (χ4n) is 2.14. The van der Waals surface area contributed by atoms with Gasteiger partial charge in [-0.1, -0.05) is 0 Å². The minimum atomic E-state index is -0.728. The molecular weight excluding hydrogens is 251 g/mol. The van der Waals surface area contributed by atoms with E-state index in [1.54, 1.807) is 11.9 Å². The van der Waals surface area contributed by atoms with Crippen LogP contribution in [-0.4, -0.2) is 42.1 Å². The molecule has 1 amide bonds. The van der Waals surface area contributed by atoms with Crippen molar-refractivity contribution in [2.24, 2.45) is 5.84 Å². The van der Waals surface area contributed by atoms with Gasteiger partial charge in [0.2, 0.25) is 0 Å². The van der Waals surface area contributed by atoms with E-state index in [4.69, 9.17) is 10.6 Å². The van der Waals surface area contributed by atoms with Gasteiger partial charge >= 0.3 is 0 Å². The number of nitrogen functional groups attached to an aromatic ring is 1. The Morgan fingerprint density at radius 1 is 1.58 bits per heavy atom. The van der Waals surface area contributed by atoms with Gasteiger partial charge in [-0.3, -0.25) is 4.79 Å². The number of nitrogens with two attached hydrogens (primary N) is 1. The lowest BCUT2D eigenvalue weighted by Gasteiger charge is -2.31. The Morgan fingerprint density at radius 2 is 2.26 bits per heavy atom. The highest BCUT2D eigenvalue weighted by Crippen LogP contribution is 2.19. The Kier molecular flexibility index (Phi) is 4.28. The van der Waals surface area contributed by atoms with Crippen molar-refractivity contribution in [3.8, 4) is 0 Å². The zero-order valence-electron chi connectivity index (χ0n) is 10.7. The Hall–Kier alpha value is -1.73. The van der Waals surface area contributed by atoms with E-state index in [1.165, 1.54) is 12.3 Å². The number of rotatable bonds is 3. The van der Waals surface area contributed by atoms with Crippen molar-refractivity contribution in [3.05, 3.63) is 23.6 Å². The number of anilines is 1. The van der Waals surface area contributed by atoms with E-state index in [1.807, 2.05) is 0 Å². The lowest BCUT2D eigenvalue weighted by molar-refractivity contribution is 0.0359. The number of pyridine rings is 1. The number of nitrogens with one attached hydrogen (secondary N) is 1. The van der Waals surface area contributed by atoms with Crippen LogP contribution in [0.2, 0.25) is 0 Å². The summed E-state index contributed by atoms with van der Waals surface area (Å²) in [6.45, 7) is 1.24. The predicted molar refractivity (Wildman–Crippen MR) is 67.9 cm³/mol. The van der Waals surface area contributed by atoms with Crippen LogP contribution in [0.4, 0.5) is 10.2 Å². The molecule has 1 aliphatic rings. The average Bonchev–Trinajstić information content (AvgIpc) is 2.47. The van der Waals surface area contributed by atoms with Crippen LogP contribution in [0, 0.1) is 5.82 Å². The topological polar surface area (TPSA) is 80.5 Å². The van der Waals surface area contributed by atoms with Gasteiger partial charge in [-0.15, -0.1) is 0 Å². The third-order valence-corrected chi connectivity index (χ3v) is 3.32. The molecule has 0 unspecified atom stereocenters. The normalized spacial score (nSPS) is 16.2. The highest BCUT2D eigenvalue weighted by Gasteiger charge is 2.26. The summed E-state index contributed by atoms with van der Waals surface area (Å²) in [5.41, 5.74) is 2.10. The Labute approximate surface area is 110 Å². The summed E-state index contributed by atoms with van der Waals surface area (Å²) < 4.78 is 19.2. The van der Waals surface area contributed by atoms with Crippen molar-refractivity contribution in [1.29, 1.82) is 0 Å². The van der Waals surface area contributed by atoms with Gasteiger partial charge in [0.15, 0.2) is 11.6 Å². The van der Waals surface area contributed by atoms with Gasteiger partial charge in [-0.2, -0.15) is 0 Å². The maximum atomic E-state index is 14.0. The van der Waals surface area contributed by atoms with Crippen LogP contribution in [0.15, 0.2) is 12.3 Å². The molecule has 1 aromatic heterocycles. The van der Waals surface area contributed by atoms with Crippen LogP contribution in [0.1, 0.15) is 23.2 Å². The molecule has 104 valence electrons. The second kappa shape index (κ2) is 5.94. The third-order valence-electron chi connectivity index (χ3n) is 3.32. The first-order valence-electron chi connectivity index (χ1n) is 6.11. The summed E-state index contributed by atoms with van der Waals surface area (Å²) in [7, 11) is 1.67. The molecule has 0 saturated carbocycles. The molecule has 6 nitrogen and oxygen atoms in total. The molecule has 7 heteroatoms. The molecule has 0 spiro atoms. The standard InChI is InChI=1S/C12H17FN4O2/c1-17(8-3-6-19-7-4-8)12(18)9-2-5-15-11(16-14)10(9)13/h2,5,8H,3-4,6-7,14H2,1H3,(H,15,16). The van der Waals surface area contributed by atoms with Gasteiger partial charge < -0.3 is 15.1 Å². The van der Waals surface area contributed by atoms with Crippen molar-refractivity contribution in [3.63, 3.8) is 0 Å². The van der Waals surface area contributed by atoms with E-state index >= 15 is 0 Å². The van der Waals surface area contributed by atoms with Crippen LogP contribution in [0.25, 0.3) is 0 Å². The number of carbonyl (C=O) groups is 1. The summed E-state index contributed by atoms with van der Waals surface area (Å²) in [5, 5.41) is 0. The van der Waals surface area contributed by atoms with Gasteiger partial charge in [0.05, 0.1) is 5.56 Å². The first-order chi connectivity index (χ1) is 9.15. The van der Waals surface area contributed by atoms with Crippen LogP contribution in [0.5, 0.6) is 0 Å². The first kappa shape index (κ1) is 13.7. The molecule has 0 bridgehead atoms. The minimum Gasteiger partial charge on any atom is -0.381 e. The smallest absolute Gasteiger partial charge is 0.257 e. The average molecular weight is 268 g/mol. The van der Waals surface area contributed by atoms with Crippen molar-refractivity contribution in [1.82, 2.24) is 9.88 Å². The maximum Gasteiger partial charge on any atom is 0.257 e. The number of carbonyl (C=O) groups excluding carboxylic acids is 1. The van der Waals surface area contributed by atoms with E-state index in [-0.39, 0.29) is 23.3 Å². The van der Waals surface area contributed by atoms with Crippen LogP contribution in [0.3, 0.4) is 0 Å². The molecule has 1 aromatic rings. The summed E-state index contributed by atoms with van der Waals surface area (Å²) in [5.74, 6) is 3.91. The Bertz CT molecular complexity index is 463. The molecule has 0 aromatic carbocycles. The van der Waals surface area contributed by atoms with Crippen molar-refractivity contribution < 1.29 is 13.9 Å². The molecule has 0 aliphatic carbocycles. The molecule has 2 heterocycles. The van der Waals surface area contributed by atoms with E-state index in [9.17, 15) is 9.18 Å². The number of hydrazine groups is 1. The van der Waals surface area contributed by atoms with Gasteiger partial charge in [0, 0.05) is 32.5 Å². The minimum absolute atomic E-state index is 0.0306. The highest BCUT2D eigenvalue weighted by atomic mass is 19.1. The zero-order valence-corrected chi connectivity index (χ0v) is 10.7. The van der Waals surface area contributed by atoms with E-state index in [0.717, 1.165) is 12.8 Å². The SMILES string of the molecule is CN(C(=O)c1ccnc(NN)c1F)C1CCOCC1. The number of hydrogen-bond donors (Lipinski definition) is 2. The van der Waals surface area contributed by atoms with Gasteiger partial charge in [0.1, 0.15) is 0 Å². The first-order valence-corrected chi connectivity index (χ1v) is 6.11. The zero-order chi connectivity index (χ0) is 13.8. The van der Waals surface area contributed by atoms with E-state index in [2.05, 4.69) is 10.4 Å². The molecule has 2 rings (SSSR count). The fourth-order valence-corrected chi connectivity index (χ4v) is 2.14. The second-order valence-corrected chi connectivity index (χ2v) is 4.43. The number of nitrogens with zero attached hydrogens (tertiary/aromatic N) is 2. The van der Waals surface area contributed by atoms with Crippen LogP contribution >= 0.6 is 0 Å². The van der Waals surface area contributed by atoms with Crippen molar-refractivity contribution >= 4 is 11.7 Å². The largest absolute Gasteiger partial charge is 0.381 e. The van der Waals surface area contributed by atoms with Crippen LogP contribution < -0.4 is 11.3 Å². The third kappa shape index (κ3) is 2.82.